The Morgan fingerprint density at radius 1 is 0.906 bits per heavy atom. The summed E-state index contributed by atoms with van der Waals surface area (Å²) in [6.07, 6.45) is -1.05. The number of hydrogen-bond donors (Lipinski definition) is 10. The topological polar surface area (TPSA) is 331 Å². The molecule has 0 spiro atoms. The van der Waals surface area contributed by atoms with Gasteiger partial charge in [-0.1, -0.05) is 54.0 Å². The molecule has 2 aliphatic rings. The predicted octanol–water partition coefficient (Wildman–Crippen LogP) is -1.56. The van der Waals surface area contributed by atoms with E-state index in [9.17, 15) is 53.4 Å². The van der Waals surface area contributed by atoms with Crippen molar-refractivity contribution in [1.29, 1.82) is 0 Å². The normalized spacial score (nSPS) is 24.7. The summed E-state index contributed by atoms with van der Waals surface area (Å²) in [5, 5.41) is 35.7. The van der Waals surface area contributed by atoms with Gasteiger partial charge in [0.15, 0.2) is 0 Å². The number of aliphatic carboxylic acids is 1. The van der Waals surface area contributed by atoms with Gasteiger partial charge < -0.3 is 63.2 Å². The first kappa shape index (κ1) is 53.2. The molecule has 64 heavy (non-hydrogen) atoms. The van der Waals surface area contributed by atoms with Crippen molar-refractivity contribution >= 4 is 74.8 Å². The van der Waals surface area contributed by atoms with E-state index in [-0.39, 0.29) is 50.3 Å². The lowest BCUT2D eigenvalue weighted by Crippen LogP contribution is -2.63. The smallest absolute Gasteiger partial charge is 0.326 e. The number of rotatable bonds is 16. The number of carboxylic acid groups (broad SMARTS) is 1. The molecular formula is C41H63N9O12S2. The van der Waals surface area contributed by atoms with Gasteiger partial charge in [-0.25, -0.2) is 4.79 Å². The van der Waals surface area contributed by atoms with E-state index in [0.29, 0.717) is 37.2 Å². The second-order valence-electron chi connectivity index (χ2n) is 15.7. The number of nitrogens with one attached hydrogen (secondary N) is 6. The number of hydrogen-bond acceptors (Lipinski definition) is 14. The van der Waals surface area contributed by atoms with Crippen molar-refractivity contribution in [2.45, 2.75) is 127 Å². The van der Waals surface area contributed by atoms with Crippen LogP contribution >= 0.6 is 21.6 Å². The van der Waals surface area contributed by atoms with Crippen LogP contribution in [0.25, 0.3) is 0 Å². The molecule has 0 radical (unpaired) electrons. The Balaban J connectivity index is 1.99. The lowest BCUT2D eigenvalue weighted by molar-refractivity contribution is -0.145. The van der Waals surface area contributed by atoms with Gasteiger partial charge in [0.05, 0.1) is 19.1 Å². The third kappa shape index (κ3) is 16.5. The molecule has 23 heteroatoms. The van der Waals surface area contributed by atoms with E-state index in [0.717, 1.165) is 10.8 Å². The second kappa shape index (κ2) is 26.6. The number of carbonyl (C=O) groups excluding carboxylic acids is 8. The van der Waals surface area contributed by atoms with Crippen molar-refractivity contribution in [3.63, 3.8) is 0 Å². The van der Waals surface area contributed by atoms with E-state index >= 15 is 0 Å². The summed E-state index contributed by atoms with van der Waals surface area (Å²) in [6.45, 7) is 7.23. The number of carboxylic acids is 1. The Labute approximate surface area is 380 Å². The summed E-state index contributed by atoms with van der Waals surface area (Å²) in [5.41, 5.74) is 11.7. The van der Waals surface area contributed by atoms with Crippen LogP contribution in [0, 0.1) is 5.92 Å². The number of aliphatic hydroxyl groups excluding tert-OH is 1. The van der Waals surface area contributed by atoms with Crippen LogP contribution in [-0.2, 0) is 49.6 Å². The van der Waals surface area contributed by atoms with Gasteiger partial charge in [-0.05, 0) is 69.7 Å². The SMILES string of the molecule is CCOc1ccc(C[C@H]2NC(=O)CCSSC[C@@H](C(=O)N3CCC[C@H]3C(=O)N[C@@H](CCCN)C(=O)O)NC(=O)[C@H](CC(N)=O)NC(=O)[C@H]([C@@H](C)O)NC(=O)[C@H]([C@@H](C)CC)NC2=O)cc1. The predicted molar refractivity (Wildman–Crippen MR) is 238 cm³/mol. The maximum atomic E-state index is 14.3. The Hall–Kier alpha value is -5.13. The molecule has 21 nitrogen and oxygen atoms in total. The first-order valence-electron chi connectivity index (χ1n) is 21.4. The average Bonchev–Trinajstić information content (AvgIpc) is 3.75. The van der Waals surface area contributed by atoms with Gasteiger partial charge in [-0.2, -0.15) is 0 Å². The van der Waals surface area contributed by atoms with Crippen LogP contribution in [0.4, 0.5) is 0 Å². The molecule has 0 aromatic heterocycles. The third-order valence-electron chi connectivity index (χ3n) is 10.7. The number of likely N-dealkylation sites (tertiary alicyclic amines) is 1. The van der Waals surface area contributed by atoms with Gasteiger partial charge in [0.25, 0.3) is 0 Å². The van der Waals surface area contributed by atoms with Crippen LogP contribution < -0.4 is 48.1 Å². The lowest BCUT2D eigenvalue weighted by atomic mass is 9.96. The van der Waals surface area contributed by atoms with Crippen molar-refractivity contribution < 1.29 is 58.1 Å². The summed E-state index contributed by atoms with van der Waals surface area (Å²) in [4.78, 5) is 122. The molecule has 0 aliphatic carbocycles. The van der Waals surface area contributed by atoms with Crippen molar-refractivity contribution in [3.8, 4) is 5.75 Å². The molecule has 9 atom stereocenters. The second-order valence-corrected chi connectivity index (χ2v) is 18.3. The summed E-state index contributed by atoms with van der Waals surface area (Å²) in [6, 6.07) is -2.66. The standard InChI is InChI=1S/C41H63N9O12S2/c1-5-22(3)33-38(57)49-34(23(4)51)39(58)46-28(20-31(43)52)35(54)47-29(40(59)50-17-8-10-30(50)37(56)45-26(41(60)61)9-7-16-42)21-64-63-18-15-32(53)44-27(36(55)48-33)19-24-11-13-25(14-12-24)62-6-2/h11-14,22-23,26-30,33-34,51H,5-10,15-21,42H2,1-4H3,(H2,43,52)(H,44,53)(H,45,56)(H,46,58)(H,47,54)(H,48,55)(H,49,57)(H,60,61)/t22-,23+,26-,27+,28-,29-,30-,33-,34-/m0/s1. The van der Waals surface area contributed by atoms with Crippen molar-refractivity contribution in [3.05, 3.63) is 29.8 Å². The number of amides is 8. The number of primary amides is 1. The zero-order valence-electron chi connectivity index (χ0n) is 36.6. The highest BCUT2D eigenvalue weighted by atomic mass is 33.1. The molecule has 8 amide bonds. The Morgan fingerprint density at radius 2 is 1.56 bits per heavy atom. The number of aliphatic hydroxyl groups is 1. The minimum atomic E-state index is -1.73. The summed E-state index contributed by atoms with van der Waals surface area (Å²) in [7, 11) is 2.28. The van der Waals surface area contributed by atoms with Crippen molar-refractivity contribution in [1.82, 2.24) is 36.8 Å². The van der Waals surface area contributed by atoms with E-state index < -0.39 is 114 Å². The molecule has 356 valence electrons. The number of ether oxygens (including phenoxy) is 1. The van der Waals surface area contributed by atoms with E-state index in [1.165, 1.54) is 22.6 Å². The fourth-order valence-electron chi connectivity index (χ4n) is 6.98. The maximum Gasteiger partial charge on any atom is 0.326 e. The van der Waals surface area contributed by atoms with E-state index in [4.69, 9.17) is 16.2 Å². The summed E-state index contributed by atoms with van der Waals surface area (Å²) >= 11 is 0. The minimum Gasteiger partial charge on any atom is -0.494 e. The van der Waals surface area contributed by atoms with Crippen LogP contribution in [0.2, 0.25) is 0 Å². The quantitative estimate of drug-likeness (QED) is 0.0839. The number of carbonyl (C=O) groups is 9. The van der Waals surface area contributed by atoms with Crippen molar-refractivity contribution in [2.24, 2.45) is 17.4 Å². The Bertz CT molecular complexity index is 1810. The number of nitrogens with two attached hydrogens (primary N) is 2. The zero-order valence-corrected chi connectivity index (χ0v) is 38.2. The molecule has 1 aromatic carbocycles. The summed E-state index contributed by atoms with van der Waals surface area (Å²) < 4.78 is 5.53. The van der Waals surface area contributed by atoms with Crippen molar-refractivity contribution in [2.75, 3.05) is 31.2 Å². The Morgan fingerprint density at radius 3 is 2.17 bits per heavy atom. The first-order chi connectivity index (χ1) is 30.4. The van der Waals surface area contributed by atoms with E-state index in [1.807, 2.05) is 6.92 Å². The van der Waals surface area contributed by atoms with E-state index in [1.54, 1.807) is 38.1 Å². The lowest BCUT2D eigenvalue weighted by Gasteiger charge is -2.31. The first-order valence-corrected chi connectivity index (χ1v) is 23.9. The molecule has 2 fully saturated rings. The van der Waals surface area contributed by atoms with Crippen LogP contribution in [0.5, 0.6) is 5.75 Å². The van der Waals surface area contributed by atoms with Crippen LogP contribution in [-0.4, -0.2) is 148 Å². The fourth-order valence-corrected chi connectivity index (χ4v) is 9.13. The van der Waals surface area contributed by atoms with Crippen LogP contribution in [0.15, 0.2) is 24.3 Å². The van der Waals surface area contributed by atoms with E-state index in [2.05, 4.69) is 31.9 Å². The molecule has 3 rings (SSSR count). The highest BCUT2D eigenvalue weighted by molar-refractivity contribution is 8.76. The van der Waals surface area contributed by atoms with Gasteiger partial charge >= 0.3 is 5.97 Å². The number of nitrogens with zero attached hydrogens (tertiary/aromatic N) is 1. The minimum absolute atomic E-state index is 0.0321. The molecule has 2 heterocycles. The zero-order chi connectivity index (χ0) is 47.5. The molecule has 0 bridgehead atoms. The molecule has 2 saturated heterocycles. The molecule has 0 saturated carbocycles. The molecule has 2 aliphatic heterocycles. The Kier molecular flexibility index (Phi) is 22.1. The van der Waals surface area contributed by atoms with Crippen LogP contribution in [0.3, 0.4) is 0 Å². The third-order valence-corrected chi connectivity index (χ3v) is 13.1. The summed E-state index contributed by atoms with van der Waals surface area (Å²) in [5.74, 6) is -7.79. The van der Waals surface area contributed by atoms with Gasteiger partial charge in [0.2, 0.25) is 47.3 Å². The van der Waals surface area contributed by atoms with Gasteiger partial charge in [0.1, 0.15) is 48.0 Å². The molecular weight excluding hydrogens is 875 g/mol. The molecule has 12 N–H and O–H groups in total. The fraction of sp³-hybridized carbons (Fsp3) is 0.634. The van der Waals surface area contributed by atoms with Gasteiger partial charge in [-0.15, -0.1) is 0 Å². The maximum absolute atomic E-state index is 14.3. The molecule has 0 unspecified atom stereocenters. The molecule has 1 aromatic rings. The monoisotopic (exact) mass is 937 g/mol. The van der Waals surface area contributed by atoms with Gasteiger partial charge in [0, 0.05) is 30.9 Å². The van der Waals surface area contributed by atoms with Gasteiger partial charge in [-0.3, -0.25) is 38.4 Å². The number of benzene rings is 1. The van der Waals surface area contributed by atoms with Crippen LogP contribution in [0.1, 0.15) is 78.2 Å². The largest absolute Gasteiger partial charge is 0.494 e. The highest BCUT2D eigenvalue weighted by Gasteiger charge is 2.41. The average molecular weight is 938 g/mol. The highest BCUT2D eigenvalue weighted by Crippen LogP contribution is 2.26.